The standard InChI is InChI=1S/C13H23N3OS/c1-10-15-8-11(18-10)9-16-12(17)4-5-13(2,3)6-7-14/h8H,4-7,9,14H2,1-3H3,(H,16,17). The Labute approximate surface area is 113 Å². The molecule has 4 nitrogen and oxygen atoms in total. The summed E-state index contributed by atoms with van der Waals surface area (Å²) in [6, 6.07) is 0. The van der Waals surface area contributed by atoms with Crippen LogP contribution in [0.3, 0.4) is 0 Å². The second-order valence-corrected chi connectivity index (χ2v) is 6.64. The average Bonchev–Trinajstić information content (AvgIpc) is 2.70. The zero-order valence-corrected chi connectivity index (χ0v) is 12.3. The van der Waals surface area contributed by atoms with Crippen molar-refractivity contribution in [2.24, 2.45) is 11.1 Å². The third-order valence-corrected chi connectivity index (χ3v) is 3.89. The molecule has 1 heterocycles. The van der Waals surface area contributed by atoms with Crippen molar-refractivity contribution in [1.29, 1.82) is 0 Å². The summed E-state index contributed by atoms with van der Waals surface area (Å²) in [4.78, 5) is 17.0. The lowest BCUT2D eigenvalue weighted by molar-refractivity contribution is -0.121. The van der Waals surface area contributed by atoms with Crippen LogP contribution < -0.4 is 11.1 Å². The molecule has 1 aromatic rings. The van der Waals surface area contributed by atoms with Gasteiger partial charge < -0.3 is 11.1 Å². The van der Waals surface area contributed by atoms with Gasteiger partial charge in [-0.25, -0.2) is 4.98 Å². The Balaban J connectivity index is 2.26. The molecular weight excluding hydrogens is 246 g/mol. The first kappa shape index (κ1) is 15.1. The van der Waals surface area contributed by atoms with Gasteiger partial charge in [-0.05, 0) is 31.7 Å². The van der Waals surface area contributed by atoms with Crippen LogP contribution in [0.15, 0.2) is 6.20 Å². The number of carbonyl (C=O) groups excluding carboxylic acids is 1. The Hall–Kier alpha value is -0.940. The number of aryl methyl sites for hydroxylation is 1. The van der Waals surface area contributed by atoms with Gasteiger partial charge in [-0.15, -0.1) is 11.3 Å². The summed E-state index contributed by atoms with van der Waals surface area (Å²) in [6.07, 6.45) is 4.20. The monoisotopic (exact) mass is 269 g/mol. The van der Waals surface area contributed by atoms with Gasteiger partial charge in [0.15, 0.2) is 0 Å². The van der Waals surface area contributed by atoms with Crippen molar-refractivity contribution in [3.8, 4) is 0 Å². The van der Waals surface area contributed by atoms with E-state index in [2.05, 4.69) is 24.1 Å². The topological polar surface area (TPSA) is 68.0 Å². The van der Waals surface area contributed by atoms with Crippen LogP contribution in [-0.4, -0.2) is 17.4 Å². The van der Waals surface area contributed by atoms with Crippen LogP contribution in [0, 0.1) is 12.3 Å². The highest BCUT2D eigenvalue weighted by atomic mass is 32.1. The van der Waals surface area contributed by atoms with Crippen LogP contribution in [0.4, 0.5) is 0 Å². The third kappa shape index (κ3) is 5.60. The minimum atomic E-state index is 0.103. The van der Waals surface area contributed by atoms with Crippen molar-refractivity contribution in [2.45, 2.75) is 46.6 Å². The second-order valence-electron chi connectivity index (χ2n) is 5.33. The minimum absolute atomic E-state index is 0.103. The highest BCUT2D eigenvalue weighted by Gasteiger charge is 2.18. The molecular formula is C13H23N3OS. The Morgan fingerprint density at radius 1 is 1.50 bits per heavy atom. The van der Waals surface area contributed by atoms with Gasteiger partial charge in [0.2, 0.25) is 5.91 Å². The van der Waals surface area contributed by atoms with Gasteiger partial charge in [0.05, 0.1) is 11.6 Å². The molecule has 0 aromatic carbocycles. The molecule has 0 aliphatic rings. The zero-order valence-electron chi connectivity index (χ0n) is 11.5. The predicted molar refractivity (Wildman–Crippen MR) is 75.4 cm³/mol. The summed E-state index contributed by atoms with van der Waals surface area (Å²) in [5.74, 6) is 0.103. The van der Waals surface area contributed by atoms with Crippen LogP contribution in [0.25, 0.3) is 0 Å². The highest BCUT2D eigenvalue weighted by Crippen LogP contribution is 2.25. The van der Waals surface area contributed by atoms with Gasteiger partial charge >= 0.3 is 0 Å². The van der Waals surface area contributed by atoms with E-state index in [1.165, 1.54) is 0 Å². The fourth-order valence-electron chi connectivity index (χ4n) is 1.73. The molecule has 0 spiro atoms. The summed E-state index contributed by atoms with van der Waals surface area (Å²) in [5.41, 5.74) is 5.70. The van der Waals surface area contributed by atoms with Gasteiger partial charge in [-0.1, -0.05) is 13.8 Å². The average molecular weight is 269 g/mol. The molecule has 0 unspecified atom stereocenters. The summed E-state index contributed by atoms with van der Waals surface area (Å²) >= 11 is 1.62. The summed E-state index contributed by atoms with van der Waals surface area (Å²) < 4.78 is 0. The van der Waals surface area contributed by atoms with Gasteiger partial charge in [0.1, 0.15) is 0 Å². The van der Waals surface area contributed by atoms with Crippen LogP contribution in [-0.2, 0) is 11.3 Å². The predicted octanol–water partition coefficient (Wildman–Crippen LogP) is 2.22. The first-order valence-corrected chi connectivity index (χ1v) is 7.13. The van der Waals surface area contributed by atoms with Crippen molar-refractivity contribution in [1.82, 2.24) is 10.3 Å². The van der Waals surface area contributed by atoms with Crippen molar-refractivity contribution in [3.63, 3.8) is 0 Å². The number of nitrogens with zero attached hydrogens (tertiary/aromatic N) is 1. The van der Waals surface area contributed by atoms with E-state index in [1.54, 1.807) is 11.3 Å². The lowest BCUT2D eigenvalue weighted by Crippen LogP contribution is -2.25. The molecule has 0 saturated heterocycles. The van der Waals surface area contributed by atoms with Gasteiger partial charge in [0, 0.05) is 17.5 Å². The molecule has 1 amide bonds. The fraction of sp³-hybridized carbons (Fsp3) is 0.692. The molecule has 18 heavy (non-hydrogen) atoms. The minimum Gasteiger partial charge on any atom is -0.351 e. The van der Waals surface area contributed by atoms with Crippen LogP contribution in [0.5, 0.6) is 0 Å². The van der Waals surface area contributed by atoms with E-state index in [0.29, 0.717) is 19.5 Å². The summed E-state index contributed by atoms with van der Waals surface area (Å²) in [5, 5.41) is 3.96. The van der Waals surface area contributed by atoms with E-state index in [-0.39, 0.29) is 11.3 Å². The molecule has 5 heteroatoms. The molecule has 1 rings (SSSR count). The van der Waals surface area contributed by atoms with Gasteiger partial charge in [-0.3, -0.25) is 4.79 Å². The summed E-state index contributed by atoms with van der Waals surface area (Å²) in [6.45, 7) is 7.53. The Kier molecular flexibility index (Phi) is 5.75. The SMILES string of the molecule is Cc1ncc(CNC(=O)CCC(C)(C)CCN)s1. The number of hydrogen-bond donors (Lipinski definition) is 2. The summed E-state index contributed by atoms with van der Waals surface area (Å²) in [7, 11) is 0. The number of nitrogens with two attached hydrogens (primary N) is 1. The molecule has 0 bridgehead atoms. The van der Waals surface area contributed by atoms with Crippen molar-refractivity contribution < 1.29 is 4.79 Å². The molecule has 0 atom stereocenters. The Morgan fingerprint density at radius 2 is 2.22 bits per heavy atom. The first-order valence-electron chi connectivity index (χ1n) is 6.31. The molecule has 102 valence electrons. The van der Waals surface area contributed by atoms with Crippen LogP contribution in [0.2, 0.25) is 0 Å². The van der Waals surface area contributed by atoms with E-state index in [0.717, 1.165) is 22.7 Å². The first-order chi connectivity index (χ1) is 8.43. The van der Waals surface area contributed by atoms with E-state index in [1.807, 2.05) is 13.1 Å². The Bertz CT molecular complexity index is 387. The maximum atomic E-state index is 11.7. The van der Waals surface area contributed by atoms with Gasteiger partial charge in [0.25, 0.3) is 0 Å². The number of aromatic nitrogens is 1. The van der Waals surface area contributed by atoms with E-state index in [4.69, 9.17) is 5.73 Å². The molecule has 3 N–H and O–H groups in total. The smallest absolute Gasteiger partial charge is 0.220 e. The zero-order chi connectivity index (χ0) is 13.6. The van der Waals surface area contributed by atoms with Crippen LogP contribution >= 0.6 is 11.3 Å². The molecule has 0 aliphatic heterocycles. The fourth-order valence-corrected chi connectivity index (χ4v) is 2.46. The molecule has 0 radical (unpaired) electrons. The van der Waals surface area contributed by atoms with Gasteiger partial charge in [-0.2, -0.15) is 0 Å². The largest absolute Gasteiger partial charge is 0.351 e. The lowest BCUT2D eigenvalue weighted by atomic mass is 9.84. The molecule has 1 aromatic heterocycles. The molecule has 0 saturated carbocycles. The number of rotatable bonds is 7. The quantitative estimate of drug-likeness (QED) is 0.797. The van der Waals surface area contributed by atoms with E-state index < -0.39 is 0 Å². The van der Waals surface area contributed by atoms with Crippen molar-refractivity contribution in [3.05, 3.63) is 16.1 Å². The maximum Gasteiger partial charge on any atom is 0.220 e. The maximum absolute atomic E-state index is 11.7. The van der Waals surface area contributed by atoms with Crippen molar-refractivity contribution in [2.75, 3.05) is 6.54 Å². The second kappa shape index (κ2) is 6.85. The number of thiazole rings is 1. The Morgan fingerprint density at radius 3 is 2.78 bits per heavy atom. The van der Waals surface area contributed by atoms with E-state index >= 15 is 0 Å². The van der Waals surface area contributed by atoms with Crippen LogP contribution in [0.1, 0.15) is 43.0 Å². The number of hydrogen-bond acceptors (Lipinski definition) is 4. The van der Waals surface area contributed by atoms with Crippen molar-refractivity contribution >= 4 is 17.2 Å². The number of carbonyl (C=O) groups is 1. The molecule has 0 fully saturated rings. The van der Waals surface area contributed by atoms with E-state index in [9.17, 15) is 4.79 Å². The lowest BCUT2D eigenvalue weighted by Gasteiger charge is -2.23. The number of amides is 1. The normalized spacial score (nSPS) is 11.6. The highest BCUT2D eigenvalue weighted by molar-refractivity contribution is 7.11. The third-order valence-electron chi connectivity index (χ3n) is 2.98. The number of nitrogens with one attached hydrogen (secondary N) is 1. The molecule has 0 aliphatic carbocycles.